The third-order valence-electron chi connectivity index (χ3n) is 9.50. The number of fused-ring (bicyclic) bond motifs is 8. The fraction of sp³-hybridized carbons (Fsp3) is 0. The fourth-order valence-corrected chi connectivity index (χ4v) is 7.21. The maximum absolute atomic E-state index is 6.42. The van der Waals surface area contributed by atoms with Crippen molar-refractivity contribution in [2.75, 3.05) is 0 Å². The number of benzene rings is 8. The first-order chi connectivity index (χ1) is 24.3. The van der Waals surface area contributed by atoms with E-state index < -0.39 is 0 Å². The molecule has 0 aliphatic carbocycles. The molecule has 4 nitrogen and oxygen atoms in total. The van der Waals surface area contributed by atoms with E-state index in [0.29, 0.717) is 17.5 Å². The Balaban J connectivity index is 1.29. The van der Waals surface area contributed by atoms with E-state index in [0.717, 1.165) is 60.5 Å². The second-order valence-electron chi connectivity index (χ2n) is 12.4. The van der Waals surface area contributed by atoms with Gasteiger partial charge in [-0.2, -0.15) is 0 Å². The van der Waals surface area contributed by atoms with Crippen LogP contribution in [0.5, 0.6) is 0 Å². The summed E-state index contributed by atoms with van der Waals surface area (Å²) in [5.41, 5.74) is 6.70. The molecule has 0 bridgehead atoms. The van der Waals surface area contributed by atoms with Gasteiger partial charge in [-0.3, -0.25) is 0 Å². The highest BCUT2D eigenvalue weighted by atomic mass is 16.3. The van der Waals surface area contributed by atoms with Gasteiger partial charge in [-0.15, -0.1) is 0 Å². The first-order valence-corrected chi connectivity index (χ1v) is 16.4. The molecule has 0 radical (unpaired) electrons. The van der Waals surface area contributed by atoms with E-state index in [9.17, 15) is 0 Å². The summed E-state index contributed by atoms with van der Waals surface area (Å²) in [6.45, 7) is 0. The number of hydrogen-bond donors (Lipinski definition) is 0. The highest BCUT2D eigenvalue weighted by Gasteiger charge is 2.20. The highest BCUT2D eigenvalue weighted by molar-refractivity contribution is 6.22. The van der Waals surface area contributed by atoms with E-state index in [2.05, 4.69) is 127 Å². The quantitative estimate of drug-likeness (QED) is 0.183. The number of nitrogens with zero attached hydrogens (tertiary/aromatic N) is 3. The van der Waals surface area contributed by atoms with Gasteiger partial charge in [0.25, 0.3) is 0 Å². The molecule has 10 aromatic rings. The second kappa shape index (κ2) is 11.0. The lowest BCUT2D eigenvalue weighted by molar-refractivity contribution is 0.669. The normalized spacial score (nSPS) is 11.7. The Morgan fingerprint density at radius 1 is 0.327 bits per heavy atom. The molecule has 0 saturated heterocycles. The monoisotopic (exact) mass is 625 g/mol. The van der Waals surface area contributed by atoms with E-state index in [-0.39, 0.29) is 0 Å². The molecule has 8 aromatic carbocycles. The van der Waals surface area contributed by atoms with Gasteiger partial charge < -0.3 is 4.42 Å². The summed E-state index contributed by atoms with van der Waals surface area (Å²) in [5.74, 6) is 1.85. The Morgan fingerprint density at radius 2 is 1.00 bits per heavy atom. The smallest absolute Gasteiger partial charge is 0.164 e. The van der Waals surface area contributed by atoms with Gasteiger partial charge in [0.15, 0.2) is 17.5 Å². The van der Waals surface area contributed by atoms with Gasteiger partial charge in [-0.25, -0.2) is 15.0 Å². The molecule has 0 spiro atoms. The molecule has 0 aliphatic heterocycles. The molecule has 0 N–H and O–H groups in total. The van der Waals surface area contributed by atoms with E-state index in [1.54, 1.807) is 0 Å². The van der Waals surface area contributed by atoms with E-state index in [4.69, 9.17) is 19.4 Å². The van der Waals surface area contributed by atoms with Gasteiger partial charge in [0.05, 0.1) is 0 Å². The summed E-state index contributed by atoms with van der Waals surface area (Å²) in [4.78, 5) is 15.7. The van der Waals surface area contributed by atoms with Crippen molar-refractivity contribution in [2.45, 2.75) is 0 Å². The third kappa shape index (κ3) is 4.49. The van der Waals surface area contributed by atoms with Gasteiger partial charge in [0.1, 0.15) is 11.2 Å². The molecule has 228 valence electrons. The highest BCUT2D eigenvalue weighted by Crippen LogP contribution is 2.41. The molecule has 0 unspecified atom stereocenters. The molecular formula is C45H27N3O. The van der Waals surface area contributed by atoms with E-state index >= 15 is 0 Å². The molecular weight excluding hydrogens is 599 g/mol. The van der Waals surface area contributed by atoms with Gasteiger partial charge in [-0.1, -0.05) is 140 Å². The van der Waals surface area contributed by atoms with Crippen LogP contribution in [0.15, 0.2) is 168 Å². The molecule has 49 heavy (non-hydrogen) atoms. The van der Waals surface area contributed by atoms with Crippen LogP contribution in [0.1, 0.15) is 0 Å². The van der Waals surface area contributed by atoms with Crippen molar-refractivity contribution in [3.63, 3.8) is 0 Å². The molecule has 4 heteroatoms. The minimum atomic E-state index is 0.601. The number of hydrogen-bond acceptors (Lipinski definition) is 4. The Labute approximate surface area is 282 Å². The van der Waals surface area contributed by atoms with Crippen molar-refractivity contribution in [1.29, 1.82) is 0 Å². The van der Waals surface area contributed by atoms with Crippen molar-refractivity contribution in [3.05, 3.63) is 164 Å². The van der Waals surface area contributed by atoms with E-state index in [1.807, 2.05) is 36.4 Å². The standard InChI is InChI=1S/C45H27N3O/c1-3-12-28(13-4-1)31-23-25-39-37(26-31)42-36(20-11-21-40(42)49-39)44-46-43(30-15-5-2-6-16-30)47-45(48-44)38-27-32-17-8-9-18-33(32)35-24-22-29-14-7-10-19-34(29)41(35)38/h1-27H. The van der Waals surface area contributed by atoms with Gasteiger partial charge in [-0.05, 0) is 62.3 Å². The van der Waals surface area contributed by atoms with Gasteiger partial charge in [0, 0.05) is 32.8 Å². The van der Waals surface area contributed by atoms with Gasteiger partial charge in [0.2, 0.25) is 0 Å². The summed E-state index contributed by atoms with van der Waals surface area (Å²) >= 11 is 0. The maximum atomic E-state index is 6.42. The predicted octanol–water partition coefficient (Wildman–Crippen LogP) is 11.9. The Bertz CT molecular complexity index is 2880. The maximum Gasteiger partial charge on any atom is 0.164 e. The first-order valence-electron chi connectivity index (χ1n) is 16.4. The van der Waals surface area contributed by atoms with Crippen LogP contribution in [-0.4, -0.2) is 15.0 Å². The number of rotatable bonds is 4. The number of aromatic nitrogens is 3. The summed E-state index contributed by atoms with van der Waals surface area (Å²) in [7, 11) is 0. The van der Waals surface area contributed by atoms with Crippen LogP contribution in [0, 0.1) is 0 Å². The molecule has 2 heterocycles. The van der Waals surface area contributed by atoms with Crippen molar-refractivity contribution in [3.8, 4) is 45.3 Å². The van der Waals surface area contributed by atoms with Crippen LogP contribution >= 0.6 is 0 Å². The Morgan fingerprint density at radius 3 is 1.82 bits per heavy atom. The molecule has 10 rings (SSSR count). The zero-order valence-electron chi connectivity index (χ0n) is 26.3. The SMILES string of the molecule is c1ccc(-c2ccc3oc4cccc(-c5nc(-c6ccccc6)nc(-c6cc7ccccc7c7ccc8ccccc8c67)n5)c4c3c2)cc1. The number of furan rings is 1. The Hall–Kier alpha value is -6.65. The lowest BCUT2D eigenvalue weighted by Gasteiger charge is -2.14. The van der Waals surface area contributed by atoms with Crippen LogP contribution in [0.25, 0.3) is 99.5 Å². The largest absolute Gasteiger partial charge is 0.456 e. The summed E-state index contributed by atoms with van der Waals surface area (Å²) in [6.07, 6.45) is 0. The zero-order valence-corrected chi connectivity index (χ0v) is 26.3. The second-order valence-corrected chi connectivity index (χ2v) is 12.4. The predicted molar refractivity (Wildman–Crippen MR) is 201 cm³/mol. The van der Waals surface area contributed by atoms with Gasteiger partial charge >= 0.3 is 0 Å². The van der Waals surface area contributed by atoms with Crippen LogP contribution in [0.3, 0.4) is 0 Å². The fourth-order valence-electron chi connectivity index (χ4n) is 7.21. The topological polar surface area (TPSA) is 51.8 Å². The average Bonchev–Trinajstić information content (AvgIpc) is 3.56. The summed E-state index contributed by atoms with van der Waals surface area (Å²) < 4.78 is 6.42. The molecule has 0 aliphatic rings. The average molecular weight is 626 g/mol. The van der Waals surface area contributed by atoms with Crippen molar-refractivity contribution in [1.82, 2.24) is 15.0 Å². The van der Waals surface area contributed by atoms with E-state index in [1.165, 1.54) is 21.5 Å². The summed E-state index contributed by atoms with van der Waals surface area (Å²) in [5, 5.41) is 9.00. The Kier molecular flexibility index (Phi) is 6.15. The molecule has 0 atom stereocenters. The molecule has 0 saturated carbocycles. The molecule has 2 aromatic heterocycles. The molecule has 0 amide bonds. The van der Waals surface area contributed by atoms with Crippen molar-refractivity contribution >= 4 is 54.3 Å². The van der Waals surface area contributed by atoms with Crippen LogP contribution in [-0.2, 0) is 0 Å². The third-order valence-corrected chi connectivity index (χ3v) is 9.50. The van der Waals surface area contributed by atoms with Crippen LogP contribution in [0.4, 0.5) is 0 Å². The lowest BCUT2D eigenvalue weighted by atomic mass is 9.92. The zero-order chi connectivity index (χ0) is 32.3. The van der Waals surface area contributed by atoms with Crippen molar-refractivity contribution in [2.24, 2.45) is 0 Å². The van der Waals surface area contributed by atoms with Crippen LogP contribution < -0.4 is 0 Å². The minimum absolute atomic E-state index is 0.601. The molecule has 0 fully saturated rings. The minimum Gasteiger partial charge on any atom is -0.456 e. The first kappa shape index (κ1) is 27.5. The summed E-state index contributed by atoms with van der Waals surface area (Å²) in [6, 6.07) is 56.9. The lowest BCUT2D eigenvalue weighted by Crippen LogP contribution is -2.01. The van der Waals surface area contributed by atoms with Crippen molar-refractivity contribution < 1.29 is 4.42 Å². The van der Waals surface area contributed by atoms with Crippen LogP contribution in [0.2, 0.25) is 0 Å².